The molecule has 0 spiro atoms. The molecule has 0 radical (unpaired) electrons. The summed E-state index contributed by atoms with van der Waals surface area (Å²) in [5.41, 5.74) is 2.78. The maximum Gasteiger partial charge on any atom is 0.145 e. The molecule has 0 fully saturated rings. The third-order valence-electron chi connectivity index (χ3n) is 4.55. The number of fused-ring (bicyclic) bond motifs is 1. The van der Waals surface area contributed by atoms with Gasteiger partial charge in [-0.25, -0.2) is 9.97 Å². The average Bonchev–Trinajstić information content (AvgIpc) is 3.23. The Labute approximate surface area is 173 Å². The van der Waals surface area contributed by atoms with Gasteiger partial charge < -0.3 is 19.7 Å². The van der Waals surface area contributed by atoms with Crippen molar-refractivity contribution in [1.82, 2.24) is 15.0 Å². The number of aromatic amines is 1. The lowest BCUT2D eigenvalue weighted by atomic mass is 10.1. The predicted molar refractivity (Wildman–Crippen MR) is 115 cm³/mol. The quantitative estimate of drug-likeness (QED) is 0.441. The van der Waals surface area contributed by atoms with Crippen LogP contribution < -0.4 is 9.64 Å². The number of H-pyrrole nitrogens is 1. The van der Waals surface area contributed by atoms with E-state index >= 15 is 0 Å². The monoisotopic (exact) mass is 408 g/mol. The maximum atomic E-state index is 9.37. The zero-order valence-electron chi connectivity index (χ0n) is 15.8. The standard InChI is InChI=1S/C22H21ClN4O2/c23-17-5-2-7-19(13-17)29-14-16-4-1-6-18(12-16)27(10-3-11-28)22-20-8-9-24-21(20)25-15-26-22/h1-2,4-9,12-13,15,28H,3,10-11,14H2,(H,24,25,26). The second-order valence-electron chi connectivity index (χ2n) is 6.58. The highest BCUT2D eigenvalue weighted by atomic mass is 35.5. The number of anilines is 2. The molecule has 2 N–H and O–H groups in total. The van der Waals surface area contributed by atoms with Gasteiger partial charge in [-0.2, -0.15) is 0 Å². The first-order valence-corrected chi connectivity index (χ1v) is 9.76. The smallest absolute Gasteiger partial charge is 0.145 e. The SMILES string of the molecule is OCCCN(c1cccc(COc2cccc(Cl)c2)c1)c1ncnc2[nH]ccc12. The summed E-state index contributed by atoms with van der Waals surface area (Å²) in [6, 6.07) is 17.4. The molecule has 2 aromatic carbocycles. The van der Waals surface area contributed by atoms with E-state index in [4.69, 9.17) is 16.3 Å². The Morgan fingerprint density at radius 2 is 1.97 bits per heavy atom. The molecule has 4 rings (SSSR count). The molecular formula is C22H21ClN4O2. The number of rotatable bonds is 8. The number of nitrogens with zero attached hydrogens (tertiary/aromatic N) is 3. The van der Waals surface area contributed by atoms with Crippen LogP contribution in [-0.2, 0) is 6.61 Å². The van der Waals surface area contributed by atoms with E-state index in [1.54, 1.807) is 12.4 Å². The number of benzene rings is 2. The van der Waals surface area contributed by atoms with E-state index in [1.165, 1.54) is 0 Å². The van der Waals surface area contributed by atoms with Crippen LogP contribution in [0.4, 0.5) is 11.5 Å². The lowest BCUT2D eigenvalue weighted by molar-refractivity contribution is 0.290. The van der Waals surface area contributed by atoms with Crippen LogP contribution in [0.3, 0.4) is 0 Å². The Kier molecular flexibility index (Phi) is 5.93. The van der Waals surface area contributed by atoms with E-state index in [0.717, 1.165) is 33.9 Å². The van der Waals surface area contributed by atoms with Gasteiger partial charge in [-0.15, -0.1) is 0 Å². The molecule has 7 heteroatoms. The fraction of sp³-hybridized carbons (Fsp3) is 0.182. The number of aliphatic hydroxyl groups excluding tert-OH is 1. The predicted octanol–water partition coefficient (Wildman–Crippen LogP) is 4.71. The second-order valence-corrected chi connectivity index (χ2v) is 7.02. The van der Waals surface area contributed by atoms with Gasteiger partial charge >= 0.3 is 0 Å². The van der Waals surface area contributed by atoms with Crippen LogP contribution in [0.5, 0.6) is 5.75 Å². The fourth-order valence-electron chi connectivity index (χ4n) is 3.20. The van der Waals surface area contributed by atoms with Crippen LogP contribution in [0.15, 0.2) is 67.1 Å². The van der Waals surface area contributed by atoms with Crippen molar-refractivity contribution in [3.8, 4) is 5.75 Å². The van der Waals surface area contributed by atoms with Gasteiger partial charge in [0.15, 0.2) is 0 Å². The van der Waals surface area contributed by atoms with Crippen molar-refractivity contribution in [3.05, 3.63) is 77.7 Å². The first kappa shape index (κ1) is 19.2. The highest BCUT2D eigenvalue weighted by Crippen LogP contribution is 2.30. The molecule has 0 amide bonds. The van der Waals surface area contributed by atoms with Gasteiger partial charge in [-0.3, -0.25) is 0 Å². The number of nitrogens with one attached hydrogen (secondary N) is 1. The van der Waals surface area contributed by atoms with Crippen molar-refractivity contribution in [2.75, 3.05) is 18.1 Å². The second kappa shape index (κ2) is 8.94. The Morgan fingerprint density at radius 3 is 2.83 bits per heavy atom. The van der Waals surface area contributed by atoms with Crippen LogP contribution in [0.2, 0.25) is 5.02 Å². The van der Waals surface area contributed by atoms with Crippen molar-refractivity contribution < 1.29 is 9.84 Å². The molecule has 148 valence electrons. The van der Waals surface area contributed by atoms with E-state index in [-0.39, 0.29) is 6.61 Å². The number of aromatic nitrogens is 3. The van der Waals surface area contributed by atoms with Gasteiger partial charge in [-0.05, 0) is 48.4 Å². The molecule has 0 aliphatic rings. The summed E-state index contributed by atoms with van der Waals surface area (Å²) in [6.45, 7) is 1.16. The fourth-order valence-corrected chi connectivity index (χ4v) is 3.38. The van der Waals surface area contributed by atoms with Crippen LogP contribution in [0, 0.1) is 0 Å². The molecule has 0 bridgehead atoms. The first-order valence-electron chi connectivity index (χ1n) is 9.38. The Hall–Kier alpha value is -3.09. The number of hydrogen-bond acceptors (Lipinski definition) is 5. The van der Waals surface area contributed by atoms with Crippen LogP contribution in [0.1, 0.15) is 12.0 Å². The molecule has 2 heterocycles. The minimum Gasteiger partial charge on any atom is -0.489 e. The van der Waals surface area contributed by atoms with Gasteiger partial charge in [0.25, 0.3) is 0 Å². The first-order chi connectivity index (χ1) is 14.2. The lowest BCUT2D eigenvalue weighted by Gasteiger charge is -2.24. The summed E-state index contributed by atoms with van der Waals surface area (Å²) in [7, 11) is 0. The average molecular weight is 409 g/mol. The van der Waals surface area contributed by atoms with Crippen molar-refractivity contribution in [2.24, 2.45) is 0 Å². The van der Waals surface area contributed by atoms with Crippen molar-refractivity contribution in [3.63, 3.8) is 0 Å². The molecule has 0 saturated heterocycles. The van der Waals surface area contributed by atoms with Gasteiger partial charge in [0.1, 0.15) is 30.1 Å². The summed E-state index contributed by atoms with van der Waals surface area (Å²) in [5, 5.41) is 11.0. The summed E-state index contributed by atoms with van der Waals surface area (Å²) < 4.78 is 5.88. The van der Waals surface area contributed by atoms with Crippen molar-refractivity contribution >= 4 is 34.1 Å². The largest absolute Gasteiger partial charge is 0.489 e. The zero-order valence-corrected chi connectivity index (χ0v) is 16.5. The van der Waals surface area contributed by atoms with E-state index in [0.29, 0.717) is 24.6 Å². The normalized spacial score (nSPS) is 11.0. The van der Waals surface area contributed by atoms with Gasteiger partial charge in [0.2, 0.25) is 0 Å². The van der Waals surface area contributed by atoms with E-state index in [2.05, 4.69) is 25.9 Å². The third kappa shape index (κ3) is 4.50. The highest BCUT2D eigenvalue weighted by molar-refractivity contribution is 6.30. The van der Waals surface area contributed by atoms with Gasteiger partial charge in [-0.1, -0.05) is 29.8 Å². The summed E-state index contributed by atoms with van der Waals surface area (Å²) in [5.74, 6) is 1.53. The number of ether oxygens (including phenoxy) is 1. The molecule has 0 aliphatic carbocycles. The van der Waals surface area contributed by atoms with E-state index in [9.17, 15) is 5.11 Å². The van der Waals surface area contributed by atoms with Crippen molar-refractivity contribution in [2.45, 2.75) is 13.0 Å². The Morgan fingerprint density at radius 1 is 1.07 bits per heavy atom. The Bertz CT molecular complexity index is 1100. The van der Waals surface area contributed by atoms with Crippen LogP contribution in [-0.4, -0.2) is 33.2 Å². The van der Waals surface area contributed by atoms with E-state index < -0.39 is 0 Å². The molecule has 2 aromatic heterocycles. The maximum absolute atomic E-state index is 9.37. The number of hydrogen-bond donors (Lipinski definition) is 2. The molecule has 0 saturated carbocycles. The topological polar surface area (TPSA) is 74.3 Å². The highest BCUT2D eigenvalue weighted by Gasteiger charge is 2.15. The third-order valence-corrected chi connectivity index (χ3v) is 4.79. The zero-order chi connectivity index (χ0) is 20.1. The minimum atomic E-state index is 0.107. The van der Waals surface area contributed by atoms with Crippen LogP contribution in [0.25, 0.3) is 11.0 Å². The summed E-state index contributed by atoms with van der Waals surface area (Å²) in [4.78, 5) is 14.0. The number of aliphatic hydroxyl groups is 1. The number of halogens is 1. The summed E-state index contributed by atoms with van der Waals surface area (Å²) >= 11 is 6.03. The molecule has 6 nitrogen and oxygen atoms in total. The minimum absolute atomic E-state index is 0.107. The molecule has 0 unspecified atom stereocenters. The van der Waals surface area contributed by atoms with E-state index in [1.807, 2.05) is 48.7 Å². The van der Waals surface area contributed by atoms with Crippen LogP contribution >= 0.6 is 11.6 Å². The lowest BCUT2D eigenvalue weighted by Crippen LogP contribution is -2.21. The Balaban J connectivity index is 1.61. The van der Waals surface area contributed by atoms with Crippen molar-refractivity contribution in [1.29, 1.82) is 0 Å². The molecule has 4 aromatic rings. The van der Waals surface area contributed by atoms with Gasteiger partial charge in [0.05, 0.1) is 5.39 Å². The summed E-state index contributed by atoms with van der Waals surface area (Å²) in [6.07, 6.45) is 4.02. The molecule has 0 atom stereocenters. The molecule has 0 aliphatic heterocycles. The van der Waals surface area contributed by atoms with Gasteiger partial charge in [0, 0.05) is 30.1 Å². The molecule has 29 heavy (non-hydrogen) atoms. The molecular weight excluding hydrogens is 388 g/mol.